The number of carbonyl (C=O) groups excluding carboxylic acids is 1. The van der Waals surface area contributed by atoms with Crippen LogP contribution in [-0.4, -0.2) is 42.8 Å². The van der Waals surface area contributed by atoms with E-state index in [0.29, 0.717) is 11.3 Å². The maximum Gasteiger partial charge on any atom is 0.410 e. The Hall–Kier alpha value is -0.770. The molecule has 1 spiro atoms. The van der Waals surface area contributed by atoms with E-state index in [0.717, 1.165) is 25.4 Å². The average Bonchev–Trinajstić information content (AvgIpc) is 2.85. The molecule has 1 N–H and O–H groups in total. The van der Waals surface area contributed by atoms with Crippen LogP contribution in [0.3, 0.4) is 0 Å². The van der Waals surface area contributed by atoms with Gasteiger partial charge in [0.1, 0.15) is 5.60 Å². The zero-order valence-corrected chi connectivity index (χ0v) is 13.1. The predicted molar refractivity (Wildman–Crippen MR) is 78.6 cm³/mol. The first-order valence-electron chi connectivity index (χ1n) is 8.08. The third-order valence-corrected chi connectivity index (χ3v) is 5.21. The molecule has 4 heteroatoms. The van der Waals surface area contributed by atoms with E-state index in [9.17, 15) is 4.79 Å². The summed E-state index contributed by atoms with van der Waals surface area (Å²) in [7, 11) is 0. The highest BCUT2D eigenvalue weighted by Crippen LogP contribution is 2.61. The largest absolute Gasteiger partial charge is 0.444 e. The van der Waals surface area contributed by atoms with Gasteiger partial charge in [-0.3, -0.25) is 0 Å². The normalized spacial score (nSPS) is 37.2. The van der Waals surface area contributed by atoms with E-state index >= 15 is 0 Å². The number of nitrogens with one attached hydrogen (secondary N) is 1. The summed E-state index contributed by atoms with van der Waals surface area (Å²) in [6.45, 7) is 9.95. The number of amides is 1. The molecule has 0 aromatic rings. The minimum Gasteiger partial charge on any atom is -0.444 e. The van der Waals surface area contributed by atoms with E-state index in [1.54, 1.807) is 0 Å². The van der Waals surface area contributed by atoms with Crippen LogP contribution in [-0.2, 0) is 4.74 Å². The van der Waals surface area contributed by atoms with Crippen LogP contribution in [0.25, 0.3) is 0 Å². The molecule has 3 fully saturated rings. The fourth-order valence-electron chi connectivity index (χ4n) is 4.13. The third-order valence-electron chi connectivity index (χ3n) is 5.21. The Labute approximate surface area is 122 Å². The molecule has 3 aliphatic rings. The van der Waals surface area contributed by atoms with Crippen LogP contribution in [0.15, 0.2) is 0 Å². The Bertz CT molecular complexity index is 382. The topological polar surface area (TPSA) is 41.6 Å². The molecule has 0 bridgehead atoms. The number of carbonyl (C=O) groups is 1. The van der Waals surface area contributed by atoms with E-state index in [1.807, 2.05) is 25.7 Å². The Morgan fingerprint density at radius 2 is 2.20 bits per heavy atom. The molecule has 2 heterocycles. The molecule has 0 aromatic heterocycles. The lowest BCUT2D eigenvalue weighted by Crippen LogP contribution is -2.43. The fraction of sp³-hybridized carbons (Fsp3) is 0.938. The second-order valence-corrected chi connectivity index (χ2v) is 7.93. The monoisotopic (exact) mass is 280 g/mol. The van der Waals surface area contributed by atoms with Crippen LogP contribution in [0, 0.1) is 17.3 Å². The summed E-state index contributed by atoms with van der Waals surface area (Å²) >= 11 is 0. The van der Waals surface area contributed by atoms with Gasteiger partial charge in [0.05, 0.1) is 0 Å². The molecule has 2 saturated heterocycles. The van der Waals surface area contributed by atoms with E-state index in [-0.39, 0.29) is 11.7 Å². The second kappa shape index (κ2) is 4.90. The van der Waals surface area contributed by atoms with Gasteiger partial charge < -0.3 is 15.0 Å². The summed E-state index contributed by atoms with van der Waals surface area (Å²) in [5.41, 5.74) is 0.196. The second-order valence-electron chi connectivity index (χ2n) is 7.93. The third kappa shape index (κ3) is 2.80. The molecular weight excluding hydrogens is 252 g/mol. The first-order chi connectivity index (χ1) is 9.40. The lowest BCUT2D eigenvalue weighted by Gasteiger charge is -2.35. The van der Waals surface area contributed by atoms with Crippen LogP contribution in [0.1, 0.15) is 46.5 Å². The van der Waals surface area contributed by atoms with E-state index in [2.05, 4.69) is 5.32 Å². The average molecular weight is 280 g/mol. The Morgan fingerprint density at radius 3 is 2.85 bits per heavy atom. The smallest absolute Gasteiger partial charge is 0.410 e. The van der Waals surface area contributed by atoms with Crippen LogP contribution < -0.4 is 5.32 Å². The summed E-state index contributed by atoms with van der Waals surface area (Å²) in [6.07, 6.45) is 4.99. The summed E-state index contributed by atoms with van der Waals surface area (Å²) in [5.74, 6) is 1.53. The molecule has 0 aromatic carbocycles. The number of hydrogen-bond acceptors (Lipinski definition) is 3. The molecule has 2 aliphatic heterocycles. The van der Waals surface area contributed by atoms with E-state index in [4.69, 9.17) is 4.74 Å². The number of likely N-dealkylation sites (tertiary alicyclic amines) is 1. The van der Waals surface area contributed by atoms with Gasteiger partial charge in [0.15, 0.2) is 0 Å². The van der Waals surface area contributed by atoms with Crippen LogP contribution in [0.2, 0.25) is 0 Å². The van der Waals surface area contributed by atoms with Gasteiger partial charge in [-0.15, -0.1) is 0 Å². The molecule has 114 valence electrons. The van der Waals surface area contributed by atoms with Gasteiger partial charge >= 0.3 is 6.09 Å². The van der Waals surface area contributed by atoms with Crippen molar-refractivity contribution >= 4 is 6.09 Å². The molecule has 4 nitrogen and oxygen atoms in total. The highest BCUT2D eigenvalue weighted by molar-refractivity contribution is 5.68. The van der Waals surface area contributed by atoms with Crippen molar-refractivity contribution in [3.63, 3.8) is 0 Å². The number of nitrogens with zero attached hydrogens (tertiary/aromatic N) is 1. The standard InChI is InChI=1S/C16H28N2O2/c1-15(2,3)20-14(19)18-8-4-5-12(10-18)13-9-16(13)6-7-17-11-16/h12-13,17H,4-11H2,1-3H3. The lowest BCUT2D eigenvalue weighted by atomic mass is 9.88. The first-order valence-corrected chi connectivity index (χ1v) is 8.08. The molecule has 1 saturated carbocycles. The van der Waals surface area contributed by atoms with Crippen molar-refractivity contribution in [3.05, 3.63) is 0 Å². The van der Waals surface area contributed by atoms with Crippen molar-refractivity contribution < 1.29 is 9.53 Å². The van der Waals surface area contributed by atoms with Gasteiger partial charge in [-0.25, -0.2) is 4.79 Å². The Balaban J connectivity index is 1.56. The van der Waals surface area contributed by atoms with Gasteiger partial charge in [-0.2, -0.15) is 0 Å². The van der Waals surface area contributed by atoms with Crippen molar-refractivity contribution in [2.75, 3.05) is 26.2 Å². The number of piperidine rings is 1. The molecule has 3 atom stereocenters. The van der Waals surface area contributed by atoms with E-state index in [1.165, 1.54) is 32.4 Å². The van der Waals surface area contributed by atoms with E-state index < -0.39 is 0 Å². The maximum absolute atomic E-state index is 12.2. The van der Waals surface area contributed by atoms with Crippen molar-refractivity contribution in [1.82, 2.24) is 10.2 Å². The Kier molecular flexibility index (Phi) is 3.47. The SMILES string of the molecule is CC(C)(C)OC(=O)N1CCCC(C2CC23CCNC3)C1. The fourth-order valence-corrected chi connectivity index (χ4v) is 4.13. The summed E-state index contributed by atoms with van der Waals surface area (Å²) in [6, 6.07) is 0. The molecule has 3 rings (SSSR count). The van der Waals surface area contributed by atoms with Gasteiger partial charge in [0.25, 0.3) is 0 Å². The molecule has 0 radical (unpaired) electrons. The summed E-state index contributed by atoms with van der Waals surface area (Å²) in [4.78, 5) is 14.1. The van der Waals surface area contributed by atoms with Crippen molar-refractivity contribution in [2.24, 2.45) is 17.3 Å². The van der Waals surface area contributed by atoms with Crippen LogP contribution >= 0.6 is 0 Å². The first kappa shape index (κ1) is 14.2. The quantitative estimate of drug-likeness (QED) is 0.803. The lowest BCUT2D eigenvalue weighted by molar-refractivity contribution is 0.0146. The van der Waals surface area contributed by atoms with Gasteiger partial charge in [-0.05, 0) is 70.3 Å². The van der Waals surface area contributed by atoms with Gasteiger partial charge in [0, 0.05) is 19.6 Å². The Morgan fingerprint density at radius 1 is 1.40 bits per heavy atom. The van der Waals surface area contributed by atoms with Gasteiger partial charge in [-0.1, -0.05) is 0 Å². The zero-order valence-electron chi connectivity index (χ0n) is 13.1. The maximum atomic E-state index is 12.2. The molecule has 3 unspecified atom stereocenters. The number of ether oxygens (including phenoxy) is 1. The highest BCUT2D eigenvalue weighted by atomic mass is 16.6. The summed E-state index contributed by atoms with van der Waals surface area (Å²) in [5, 5.41) is 3.50. The number of rotatable bonds is 1. The predicted octanol–water partition coefficient (Wildman–Crippen LogP) is 2.63. The molecule has 1 amide bonds. The van der Waals surface area contributed by atoms with Crippen molar-refractivity contribution in [3.8, 4) is 0 Å². The highest BCUT2D eigenvalue weighted by Gasteiger charge is 2.58. The van der Waals surface area contributed by atoms with Crippen molar-refractivity contribution in [2.45, 2.75) is 52.1 Å². The zero-order chi connectivity index (χ0) is 14.4. The minimum absolute atomic E-state index is 0.124. The number of hydrogen-bond donors (Lipinski definition) is 1. The van der Waals surface area contributed by atoms with Crippen LogP contribution in [0.5, 0.6) is 0 Å². The molecule has 20 heavy (non-hydrogen) atoms. The molecule has 1 aliphatic carbocycles. The minimum atomic E-state index is -0.389. The molecular formula is C16H28N2O2. The van der Waals surface area contributed by atoms with Crippen LogP contribution in [0.4, 0.5) is 4.79 Å². The van der Waals surface area contributed by atoms with Crippen molar-refractivity contribution in [1.29, 1.82) is 0 Å². The summed E-state index contributed by atoms with van der Waals surface area (Å²) < 4.78 is 5.52. The van der Waals surface area contributed by atoms with Gasteiger partial charge in [0.2, 0.25) is 0 Å².